The third-order valence-corrected chi connectivity index (χ3v) is 3.21. The van der Waals surface area contributed by atoms with Crippen molar-refractivity contribution in [1.82, 2.24) is 4.90 Å². The topological polar surface area (TPSA) is 46.3 Å². The first-order chi connectivity index (χ1) is 7.85. The first-order valence-corrected chi connectivity index (χ1v) is 6.86. The average molecular weight is 270 g/mol. The highest BCUT2D eigenvalue weighted by molar-refractivity contribution is 7.98. The fraction of sp³-hybridized carbons (Fsp3) is 0.900. The molecule has 0 unspecified atom stereocenters. The molecule has 100 valence electrons. The number of nitrogens with two attached hydrogens (primary N) is 1. The number of thioether (sulfide) groups is 1. The van der Waals surface area contributed by atoms with E-state index < -0.39 is 24.7 Å². The van der Waals surface area contributed by atoms with Gasteiger partial charge in [0, 0.05) is 6.04 Å². The third kappa shape index (κ3) is 5.16. The van der Waals surface area contributed by atoms with Gasteiger partial charge in [-0.25, -0.2) is 0 Å². The molecule has 0 aliphatic heterocycles. The molecule has 0 spiro atoms. The van der Waals surface area contributed by atoms with Gasteiger partial charge in [-0.2, -0.15) is 24.9 Å². The van der Waals surface area contributed by atoms with Crippen molar-refractivity contribution < 1.29 is 18.0 Å². The quantitative estimate of drug-likeness (QED) is 0.798. The zero-order valence-corrected chi connectivity index (χ0v) is 10.5. The van der Waals surface area contributed by atoms with Crippen molar-refractivity contribution >= 4 is 17.7 Å². The fourth-order valence-electron chi connectivity index (χ4n) is 1.55. The summed E-state index contributed by atoms with van der Waals surface area (Å²) in [6, 6.07) is -1.07. The number of halogens is 3. The van der Waals surface area contributed by atoms with Gasteiger partial charge in [-0.1, -0.05) is 0 Å². The van der Waals surface area contributed by atoms with E-state index in [0.717, 1.165) is 4.90 Å². The zero-order valence-electron chi connectivity index (χ0n) is 9.67. The molecule has 1 aliphatic rings. The molecule has 0 aromatic rings. The van der Waals surface area contributed by atoms with Crippen LogP contribution in [0, 0.1) is 0 Å². The van der Waals surface area contributed by atoms with Gasteiger partial charge in [-0.05, 0) is 31.3 Å². The fourth-order valence-corrected chi connectivity index (χ4v) is 2.04. The van der Waals surface area contributed by atoms with E-state index in [1.54, 1.807) is 0 Å². The van der Waals surface area contributed by atoms with E-state index in [1.165, 1.54) is 11.8 Å². The Morgan fingerprint density at radius 3 is 2.53 bits per heavy atom. The van der Waals surface area contributed by atoms with Crippen LogP contribution in [0.15, 0.2) is 0 Å². The van der Waals surface area contributed by atoms with Gasteiger partial charge in [0.05, 0.1) is 6.04 Å². The van der Waals surface area contributed by atoms with Crippen LogP contribution in [0.1, 0.15) is 19.3 Å². The van der Waals surface area contributed by atoms with Gasteiger partial charge in [0.15, 0.2) is 0 Å². The monoisotopic (exact) mass is 270 g/mol. The van der Waals surface area contributed by atoms with E-state index in [0.29, 0.717) is 25.0 Å². The Kier molecular flexibility index (Phi) is 5.12. The number of alkyl halides is 3. The number of nitrogens with zero attached hydrogens (tertiary/aromatic N) is 1. The molecule has 1 saturated carbocycles. The summed E-state index contributed by atoms with van der Waals surface area (Å²) in [5.41, 5.74) is 5.62. The number of amides is 1. The highest BCUT2D eigenvalue weighted by atomic mass is 32.2. The lowest BCUT2D eigenvalue weighted by Gasteiger charge is -2.26. The number of hydrogen-bond acceptors (Lipinski definition) is 3. The normalized spacial score (nSPS) is 17.9. The first kappa shape index (κ1) is 14.6. The number of carbonyl (C=O) groups excluding carboxylic acids is 1. The van der Waals surface area contributed by atoms with Gasteiger partial charge in [0.25, 0.3) is 0 Å². The molecule has 0 aromatic heterocycles. The highest BCUT2D eigenvalue weighted by Crippen LogP contribution is 2.30. The Balaban J connectivity index is 2.54. The van der Waals surface area contributed by atoms with Crippen molar-refractivity contribution in [3.05, 3.63) is 0 Å². The molecule has 0 saturated heterocycles. The molecule has 0 heterocycles. The van der Waals surface area contributed by atoms with Gasteiger partial charge in [-0.15, -0.1) is 0 Å². The summed E-state index contributed by atoms with van der Waals surface area (Å²) in [5, 5.41) is 0. The van der Waals surface area contributed by atoms with Gasteiger partial charge >= 0.3 is 6.18 Å². The zero-order chi connectivity index (χ0) is 13.1. The second-order valence-corrected chi connectivity index (χ2v) is 5.19. The van der Waals surface area contributed by atoms with E-state index in [2.05, 4.69) is 0 Å². The predicted octanol–water partition coefficient (Wildman–Crippen LogP) is 1.62. The van der Waals surface area contributed by atoms with Crippen LogP contribution in [0.3, 0.4) is 0 Å². The van der Waals surface area contributed by atoms with Crippen LogP contribution in [0.5, 0.6) is 0 Å². The lowest BCUT2D eigenvalue weighted by molar-refractivity contribution is -0.163. The van der Waals surface area contributed by atoms with E-state index in [4.69, 9.17) is 5.73 Å². The molecule has 2 N–H and O–H groups in total. The maximum atomic E-state index is 12.3. The van der Waals surface area contributed by atoms with Crippen LogP contribution in [-0.2, 0) is 4.79 Å². The SMILES string of the molecule is CSCC[C@@H](N)C(=O)N(CC(F)(F)F)C1CC1. The van der Waals surface area contributed by atoms with E-state index in [9.17, 15) is 18.0 Å². The molecule has 0 bridgehead atoms. The van der Waals surface area contributed by atoms with Crippen molar-refractivity contribution in [3.63, 3.8) is 0 Å². The Labute approximate surface area is 103 Å². The number of hydrogen-bond donors (Lipinski definition) is 1. The Hall–Kier alpha value is -0.430. The molecule has 1 atom stereocenters. The first-order valence-electron chi connectivity index (χ1n) is 5.47. The Bertz CT molecular complexity index is 269. The molecule has 1 amide bonds. The summed E-state index contributed by atoms with van der Waals surface area (Å²) in [6.45, 7) is -1.18. The molecule has 0 aromatic carbocycles. The number of carbonyl (C=O) groups is 1. The molecule has 0 radical (unpaired) electrons. The molecular weight excluding hydrogens is 253 g/mol. The smallest absolute Gasteiger partial charge is 0.329 e. The molecule has 3 nitrogen and oxygen atoms in total. The largest absolute Gasteiger partial charge is 0.406 e. The number of rotatable bonds is 6. The van der Waals surface area contributed by atoms with Crippen LogP contribution in [0.25, 0.3) is 0 Å². The summed E-state index contributed by atoms with van der Waals surface area (Å²) in [7, 11) is 0. The minimum absolute atomic E-state index is 0.260. The minimum Gasteiger partial charge on any atom is -0.329 e. The van der Waals surface area contributed by atoms with Crippen LogP contribution < -0.4 is 5.73 Å². The molecule has 1 aliphatic carbocycles. The maximum Gasteiger partial charge on any atom is 0.406 e. The van der Waals surface area contributed by atoms with Crippen LogP contribution in [0.4, 0.5) is 13.2 Å². The summed E-state index contributed by atoms with van der Waals surface area (Å²) in [5.74, 6) is 0.108. The van der Waals surface area contributed by atoms with Gasteiger partial charge in [-0.3, -0.25) is 4.79 Å². The van der Waals surface area contributed by atoms with E-state index >= 15 is 0 Å². The second kappa shape index (κ2) is 5.95. The minimum atomic E-state index is -4.35. The molecular formula is C10H17F3N2OS. The Morgan fingerprint density at radius 2 is 2.12 bits per heavy atom. The Morgan fingerprint density at radius 1 is 1.53 bits per heavy atom. The lowest BCUT2D eigenvalue weighted by Crippen LogP contribution is -2.48. The third-order valence-electron chi connectivity index (χ3n) is 2.57. The molecule has 17 heavy (non-hydrogen) atoms. The molecule has 7 heteroatoms. The summed E-state index contributed by atoms with van der Waals surface area (Å²) in [6.07, 6.45) is -0.766. The van der Waals surface area contributed by atoms with E-state index in [1.807, 2.05) is 6.26 Å². The maximum absolute atomic E-state index is 12.3. The van der Waals surface area contributed by atoms with Crippen molar-refractivity contribution in [2.75, 3.05) is 18.6 Å². The lowest BCUT2D eigenvalue weighted by atomic mass is 10.2. The van der Waals surface area contributed by atoms with Crippen molar-refractivity contribution in [1.29, 1.82) is 0 Å². The predicted molar refractivity (Wildman–Crippen MR) is 61.8 cm³/mol. The van der Waals surface area contributed by atoms with Crippen LogP contribution in [-0.4, -0.2) is 47.6 Å². The molecule has 1 fully saturated rings. The van der Waals surface area contributed by atoms with E-state index in [-0.39, 0.29) is 6.04 Å². The van der Waals surface area contributed by atoms with Gasteiger partial charge in [0.2, 0.25) is 5.91 Å². The molecule has 1 rings (SSSR count). The average Bonchev–Trinajstić information content (AvgIpc) is 3.04. The van der Waals surface area contributed by atoms with Gasteiger partial charge < -0.3 is 10.6 Å². The highest BCUT2D eigenvalue weighted by Gasteiger charge is 2.41. The van der Waals surface area contributed by atoms with Crippen molar-refractivity contribution in [2.24, 2.45) is 5.73 Å². The second-order valence-electron chi connectivity index (χ2n) is 4.20. The van der Waals surface area contributed by atoms with Crippen LogP contribution >= 0.6 is 11.8 Å². The summed E-state index contributed by atoms with van der Waals surface area (Å²) >= 11 is 1.52. The standard InChI is InChI=1S/C10H17F3N2OS/c1-17-5-4-8(14)9(16)15(7-2-3-7)6-10(11,12)13/h7-8H,2-6,14H2,1H3/t8-/m1/s1. The van der Waals surface area contributed by atoms with Crippen LogP contribution in [0.2, 0.25) is 0 Å². The summed E-state index contributed by atoms with van der Waals surface area (Å²) < 4.78 is 37.0. The van der Waals surface area contributed by atoms with Gasteiger partial charge in [0.1, 0.15) is 6.54 Å². The van der Waals surface area contributed by atoms with Crippen molar-refractivity contribution in [3.8, 4) is 0 Å². The summed E-state index contributed by atoms with van der Waals surface area (Å²) in [4.78, 5) is 12.7. The van der Waals surface area contributed by atoms with Crippen molar-refractivity contribution in [2.45, 2.75) is 37.5 Å².